The highest BCUT2D eigenvalue weighted by atomic mass is 19.3. The van der Waals surface area contributed by atoms with E-state index in [0.717, 1.165) is 6.20 Å². The second kappa shape index (κ2) is 7.43. The molecule has 0 aliphatic heterocycles. The van der Waals surface area contributed by atoms with Gasteiger partial charge >= 0.3 is 5.97 Å². The second-order valence-electron chi connectivity index (χ2n) is 4.42. The quantitative estimate of drug-likeness (QED) is 0.740. The molecule has 0 aliphatic carbocycles. The lowest BCUT2D eigenvalue weighted by Crippen LogP contribution is -2.24. The number of aromatic nitrogens is 3. The number of nitrogens with zero attached hydrogens (tertiary/aromatic N) is 3. The summed E-state index contributed by atoms with van der Waals surface area (Å²) in [5.74, 6) is -0.788. The van der Waals surface area contributed by atoms with Crippen LogP contribution in [-0.4, -0.2) is 40.6 Å². The lowest BCUT2D eigenvalue weighted by atomic mass is 10.2. The zero-order valence-corrected chi connectivity index (χ0v) is 12.1. The van der Waals surface area contributed by atoms with E-state index >= 15 is 0 Å². The van der Waals surface area contributed by atoms with Crippen LogP contribution in [0.25, 0.3) is 0 Å². The highest BCUT2D eigenvalue weighted by Gasteiger charge is 2.10. The number of hydrogen-bond acceptors (Lipinski definition) is 6. The number of carbonyl (C=O) groups excluding carboxylic acids is 1. The van der Waals surface area contributed by atoms with Crippen LogP contribution in [-0.2, 0) is 11.3 Å². The van der Waals surface area contributed by atoms with Crippen LogP contribution in [0.1, 0.15) is 16.1 Å². The molecular formula is C14H13F2N3O4. The van der Waals surface area contributed by atoms with Crippen molar-refractivity contribution in [2.24, 2.45) is 0 Å². The summed E-state index contributed by atoms with van der Waals surface area (Å²) < 4.78 is 34.7. The number of halogens is 2. The third kappa shape index (κ3) is 4.31. The number of ether oxygens (including phenoxy) is 2. The molecule has 0 unspecified atom stereocenters. The van der Waals surface area contributed by atoms with Crippen LogP contribution < -0.4 is 10.3 Å². The van der Waals surface area contributed by atoms with E-state index in [1.807, 2.05) is 0 Å². The van der Waals surface area contributed by atoms with Crippen LogP contribution in [0.15, 0.2) is 35.6 Å². The molecule has 0 spiro atoms. The maximum Gasteiger partial charge on any atom is 0.339 e. The van der Waals surface area contributed by atoms with Gasteiger partial charge in [0.15, 0.2) is 0 Å². The Morgan fingerprint density at radius 1 is 1.35 bits per heavy atom. The molecular weight excluding hydrogens is 312 g/mol. The Bertz CT molecular complexity index is 732. The summed E-state index contributed by atoms with van der Waals surface area (Å²) >= 11 is 0. The maximum atomic E-state index is 12.1. The summed E-state index contributed by atoms with van der Waals surface area (Å²) in [7, 11) is 1.26. The van der Waals surface area contributed by atoms with Gasteiger partial charge in [0, 0.05) is 6.20 Å². The van der Waals surface area contributed by atoms with E-state index in [0.29, 0.717) is 5.69 Å². The largest absolute Gasteiger partial charge is 0.481 e. The Morgan fingerprint density at radius 2 is 2.13 bits per heavy atom. The molecule has 0 amide bonds. The average Bonchev–Trinajstić information content (AvgIpc) is 2.55. The molecule has 0 bridgehead atoms. The van der Waals surface area contributed by atoms with Crippen molar-refractivity contribution in [2.75, 3.05) is 13.7 Å². The van der Waals surface area contributed by atoms with Crippen LogP contribution in [0.3, 0.4) is 0 Å². The first-order valence-electron chi connectivity index (χ1n) is 6.50. The highest BCUT2D eigenvalue weighted by Crippen LogP contribution is 2.06. The first kappa shape index (κ1) is 16.5. The molecule has 2 rings (SSSR count). The molecule has 0 N–H and O–H groups in total. The molecule has 2 heterocycles. The normalized spacial score (nSPS) is 10.6. The fourth-order valence-electron chi connectivity index (χ4n) is 1.73. The molecule has 9 heteroatoms. The summed E-state index contributed by atoms with van der Waals surface area (Å²) in [6.07, 6.45) is 0.953. The van der Waals surface area contributed by atoms with Crippen molar-refractivity contribution in [1.29, 1.82) is 0 Å². The Balaban J connectivity index is 2.15. The zero-order valence-electron chi connectivity index (χ0n) is 12.1. The first-order valence-corrected chi connectivity index (χ1v) is 6.50. The number of esters is 1. The van der Waals surface area contributed by atoms with Crippen LogP contribution >= 0.6 is 0 Å². The molecule has 0 radical (unpaired) electrons. The van der Waals surface area contributed by atoms with Gasteiger partial charge in [0.25, 0.3) is 12.0 Å². The van der Waals surface area contributed by atoms with Gasteiger partial charge in [-0.25, -0.2) is 18.6 Å². The van der Waals surface area contributed by atoms with Gasteiger partial charge in [-0.05, 0) is 12.1 Å². The van der Waals surface area contributed by atoms with Crippen molar-refractivity contribution in [2.45, 2.75) is 13.0 Å². The number of pyridine rings is 1. The van der Waals surface area contributed by atoms with E-state index in [1.54, 1.807) is 6.07 Å². The van der Waals surface area contributed by atoms with Gasteiger partial charge in [0.2, 0.25) is 5.75 Å². The van der Waals surface area contributed by atoms with E-state index in [-0.39, 0.29) is 17.9 Å². The van der Waals surface area contributed by atoms with Gasteiger partial charge in [-0.3, -0.25) is 14.3 Å². The standard InChI is InChI=1S/C14H13F2N3O4/c1-22-14(21)9-2-3-10(18-4-9)6-19-8-17-5-11(13(19)20)23-7-12(15)16/h2-5,8,12H,6-7H2,1H3. The Kier molecular flexibility index (Phi) is 5.34. The summed E-state index contributed by atoms with van der Waals surface area (Å²) in [6, 6.07) is 3.05. The monoisotopic (exact) mass is 325 g/mol. The van der Waals surface area contributed by atoms with Gasteiger partial charge < -0.3 is 9.47 Å². The van der Waals surface area contributed by atoms with Crippen LogP contribution in [0.2, 0.25) is 0 Å². The number of hydrogen-bond donors (Lipinski definition) is 0. The molecule has 0 atom stereocenters. The smallest absolute Gasteiger partial charge is 0.339 e. The zero-order chi connectivity index (χ0) is 16.8. The lowest BCUT2D eigenvalue weighted by Gasteiger charge is -2.08. The number of carbonyl (C=O) groups is 1. The van der Waals surface area contributed by atoms with E-state index in [4.69, 9.17) is 4.74 Å². The minimum Gasteiger partial charge on any atom is -0.481 e. The third-order valence-corrected chi connectivity index (χ3v) is 2.81. The summed E-state index contributed by atoms with van der Waals surface area (Å²) in [6.45, 7) is -0.827. The van der Waals surface area contributed by atoms with E-state index in [9.17, 15) is 18.4 Å². The molecule has 2 aromatic rings. The van der Waals surface area contributed by atoms with E-state index in [1.165, 1.54) is 30.3 Å². The second-order valence-corrected chi connectivity index (χ2v) is 4.42. The van der Waals surface area contributed by atoms with Gasteiger partial charge in [-0.2, -0.15) is 0 Å². The first-order chi connectivity index (χ1) is 11.0. The number of methoxy groups -OCH3 is 1. The fourth-order valence-corrected chi connectivity index (χ4v) is 1.73. The van der Waals surface area contributed by atoms with Crippen LogP contribution in [0, 0.1) is 0 Å². The Hall–Kier alpha value is -2.84. The topological polar surface area (TPSA) is 83.3 Å². The molecule has 0 aromatic carbocycles. The molecule has 0 saturated carbocycles. The van der Waals surface area contributed by atoms with Gasteiger partial charge in [-0.1, -0.05) is 0 Å². The van der Waals surface area contributed by atoms with Crippen molar-refractivity contribution in [3.8, 4) is 5.75 Å². The molecule has 0 fully saturated rings. The molecule has 23 heavy (non-hydrogen) atoms. The van der Waals surface area contributed by atoms with Crippen molar-refractivity contribution in [1.82, 2.24) is 14.5 Å². The minimum atomic E-state index is -2.68. The van der Waals surface area contributed by atoms with Gasteiger partial charge in [0.05, 0.1) is 37.4 Å². The predicted molar refractivity (Wildman–Crippen MR) is 74.7 cm³/mol. The van der Waals surface area contributed by atoms with Crippen molar-refractivity contribution >= 4 is 5.97 Å². The highest BCUT2D eigenvalue weighted by molar-refractivity contribution is 5.88. The summed E-state index contributed by atoms with van der Waals surface area (Å²) in [4.78, 5) is 31.2. The summed E-state index contributed by atoms with van der Waals surface area (Å²) in [5.41, 5.74) is 0.155. The van der Waals surface area contributed by atoms with Crippen molar-refractivity contribution < 1.29 is 23.0 Å². The molecule has 2 aromatic heterocycles. The molecule has 0 aliphatic rings. The SMILES string of the molecule is COC(=O)c1ccc(Cn2cncc(OCC(F)F)c2=O)nc1. The fraction of sp³-hybridized carbons (Fsp3) is 0.286. The molecule has 122 valence electrons. The maximum absolute atomic E-state index is 12.1. The molecule has 7 nitrogen and oxygen atoms in total. The number of alkyl halides is 2. The Morgan fingerprint density at radius 3 is 2.74 bits per heavy atom. The minimum absolute atomic E-state index is 0.0547. The Labute approximate surface area is 129 Å². The summed E-state index contributed by atoms with van der Waals surface area (Å²) in [5, 5.41) is 0. The van der Waals surface area contributed by atoms with Crippen molar-refractivity contribution in [3.05, 3.63) is 52.5 Å². The molecule has 0 saturated heterocycles. The lowest BCUT2D eigenvalue weighted by molar-refractivity contribution is 0.0600. The van der Waals surface area contributed by atoms with Gasteiger partial charge in [-0.15, -0.1) is 0 Å². The van der Waals surface area contributed by atoms with Crippen LogP contribution in [0.4, 0.5) is 8.78 Å². The number of rotatable bonds is 6. The van der Waals surface area contributed by atoms with Gasteiger partial charge in [0.1, 0.15) is 6.61 Å². The van der Waals surface area contributed by atoms with Crippen molar-refractivity contribution in [3.63, 3.8) is 0 Å². The predicted octanol–water partition coefficient (Wildman–Crippen LogP) is 1.12. The van der Waals surface area contributed by atoms with Crippen LogP contribution in [0.5, 0.6) is 5.75 Å². The van der Waals surface area contributed by atoms with E-state index < -0.39 is 24.6 Å². The van der Waals surface area contributed by atoms with E-state index in [2.05, 4.69) is 14.7 Å². The average molecular weight is 325 g/mol. The third-order valence-electron chi connectivity index (χ3n) is 2.81.